The second-order valence-corrected chi connectivity index (χ2v) is 9.20. The van der Waals surface area contributed by atoms with Crippen LogP contribution >= 0.6 is 0 Å². The minimum atomic E-state index is -0.491. The van der Waals surface area contributed by atoms with Crippen molar-refractivity contribution in [1.82, 2.24) is 15.2 Å². The molecule has 4 rings (SSSR count). The summed E-state index contributed by atoms with van der Waals surface area (Å²) in [4.78, 5) is 28.7. The van der Waals surface area contributed by atoms with Crippen LogP contribution in [0, 0.1) is 0 Å². The van der Waals surface area contributed by atoms with Crippen molar-refractivity contribution in [3.8, 4) is 22.8 Å². The van der Waals surface area contributed by atoms with Gasteiger partial charge < -0.3 is 18.9 Å². The van der Waals surface area contributed by atoms with E-state index in [1.54, 1.807) is 38.4 Å². The van der Waals surface area contributed by atoms with E-state index in [9.17, 15) is 9.59 Å². The summed E-state index contributed by atoms with van der Waals surface area (Å²) in [5.74, 6) is 0.307. The van der Waals surface area contributed by atoms with Crippen molar-refractivity contribution in [2.45, 2.75) is 52.7 Å². The Morgan fingerprint density at radius 2 is 1.78 bits per heavy atom. The van der Waals surface area contributed by atoms with Gasteiger partial charge in [0.25, 0.3) is 0 Å². The predicted octanol–water partition coefficient (Wildman–Crippen LogP) is 6.25. The van der Waals surface area contributed by atoms with E-state index in [2.05, 4.69) is 28.2 Å². The molecule has 4 aromatic rings. The van der Waals surface area contributed by atoms with Crippen molar-refractivity contribution in [3.63, 3.8) is 0 Å². The summed E-state index contributed by atoms with van der Waals surface area (Å²) >= 11 is 0. The van der Waals surface area contributed by atoms with Crippen LogP contribution in [0.15, 0.2) is 73.1 Å². The monoisotopic (exact) mass is 557 g/mol. The lowest BCUT2D eigenvalue weighted by molar-refractivity contribution is -0.143. The molecule has 0 bridgehead atoms. The highest BCUT2D eigenvalue weighted by atomic mass is 16.5. The average molecular weight is 558 g/mol. The second kappa shape index (κ2) is 14.6. The molecule has 2 aromatic heterocycles. The molecule has 0 radical (unpaired) electrons. The van der Waals surface area contributed by atoms with E-state index in [1.165, 1.54) is 0 Å². The number of hydrogen-bond donors (Lipinski definition) is 1. The number of H-pyrrole nitrogens is 1. The lowest BCUT2D eigenvalue weighted by Gasteiger charge is -2.23. The molecule has 0 amide bonds. The van der Waals surface area contributed by atoms with Gasteiger partial charge in [-0.15, -0.1) is 0 Å². The van der Waals surface area contributed by atoms with E-state index in [1.807, 2.05) is 42.5 Å². The fraction of sp³-hybridized carbons (Fsp3) is 0.312. The van der Waals surface area contributed by atoms with Crippen molar-refractivity contribution in [3.05, 3.63) is 95.4 Å². The number of hydrogen-bond acceptors (Lipinski definition) is 8. The zero-order valence-electron chi connectivity index (χ0n) is 23.6. The van der Waals surface area contributed by atoms with Gasteiger partial charge in [-0.3, -0.25) is 14.9 Å². The normalized spacial score (nSPS) is 11.5. The van der Waals surface area contributed by atoms with Crippen LogP contribution in [-0.4, -0.2) is 40.3 Å². The number of carbonyl (C=O) groups is 2. The summed E-state index contributed by atoms with van der Waals surface area (Å²) < 4.78 is 23.1. The number of esters is 2. The van der Waals surface area contributed by atoms with Gasteiger partial charge in [0.1, 0.15) is 29.9 Å². The molecule has 9 nitrogen and oxygen atoms in total. The fourth-order valence-corrected chi connectivity index (χ4v) is 4.41. The van der Waals surface area contributed by atoms with Crippen LogP contribution in [0.5, 0.6) is 11.5 Å². The van der Waals surface area contributed by atoms with Crippen molar-refractivity contribution < 1.29 is 28.5 Å². The maximum absolute atomic E-state index is 12.3. The lowest BCUT2D eigenvalue weighted by atomic mass is 9.97. The van der Waals surface area contributed by atoms with Crippen molar-refractivity contribution in [1.29, 1.82) is 0 Å². The first-order chi connectivity index (χ1) is 20.0. The molecule has 0 saturated carbocycles. The number of benzene rings is 2. The summed E-state index contributed by atoms with van der Waals surface area (Å²) in [6, 6.07) is 18.9. The van der Waals surface area contributed by atoms with Gasteiger partial charge in [-0.1, -0.05) is 37.3 Å². The van der Waals surface area contributed by atoms with E-state index < -0.39 is 12.1 Å². The van der Waals surface area contributed by atoms with Crippen molar-refractivity contribution >= 4 is 11.9 Å². The molecule has 214 valence electrons. The molecule has 0 saturated heterocycles. The number of aromatic amines is 1. The highest BCUT2D eigenvalue weighted by Gasteiger charge is 2.22. The Morgan fingerprint density at radius 1 is 0.951 bits per heavy atom. The molecule has 2 heterocycles. The van der Waals surface area contributed by atoms with Crippen LogP contribution in [0.25, 0.3) is 11.3 Å². The summed E-state index contributed by atoms with van der Waals surface area (Å²) in [6.07, 6.45) is 4.41. The third-order valence-electron chi connectivity index (χ3n) is 6.40. The Bertz CT molecular complexity index is 1440. The third-order valence-corrected chi connectivity index (χ3v) is 6.40. The molecule has 2 aromatic carbocycles. The number of carbonyl (C=O) groups excluding carboxylic acids is 2. The number of rotatable bonds is 14. The maximum atomic E-state index is 12.3. The minimum absolute atomic E-state index is 0.193. The number of aryl methyl sites for hydroxylation is 1. The molecular weight excluding hydrogens is 522 g/mol. The molecule has 0 spiro atoms. The molecule has 1 atom stereocenters. The van der Waals surface area contributed by atoms with E-state index in [4.69, 9.17) is 18.9 Å². The molecule has 0 aliphatic rings. The van der Waals surface area contributed by atoms with E-state index in [-0.39, 0.29) is 24.7 Å². The molecule has 9 heteroatoms. The maximum Gasteiger partial charge on any atom is 0.356 e. The topological polar surface area (TPSA) is 113 Å². The predicted molar refractivity (Wildman–Crippen MR) is 154 cm³/mol. The Hall–Kier alpha value is -4.66. The first-order valence-electron chi connectivity index (χ1n) is 13.8. The van der Waals surface area contributed by atoms with Gasteiger partial charge >= 0.3 is 11.9 Å². The number of nitrogens with one attached hydrogen (secondary N) is 1. The molecule has 0 aliphatic carbocycles. The fourth-order valence-electron chi connectivity index (χ4n) is 4.41. The summed E-state index contributed by atoms with van der Waals surface area (Å²) in [6.45, 7) is 6.51. The molecule has 1 N–H and O–H groups in total. The standard InChI is InChI=1S/C32H35N3O6/c1-4-23-11-7-8-12-25(23)29(15-16-31(36)38-5-2)41-30-18-24(40-21-22-10-9-17-33-20-22)13-14-26(30)27-19-28(35-34-27)32(37)39-6-3/h7-14,17-20,29H,4-6,15-16,21H2,1-3H3,(H,34,35). The number of pyridine rings is 1. The Kier molecular flexibility index (Phi) is 10.5. The van der Waals surface area contributed by atoms with Crippen LogP contribution in [-0.2, 0) is 27.3 Å². The van der Waals surface area contributed by atoms with Crippen LogP contribution in [0.1, 0.15) is 66.9 Å². The van der Waals surface area contributed by atoms with Gasteiger partial charge in [-0.05, 0) is 62.1 Å². The minimum Gasteiger partial charge on any atom is -0.489 e. The molecule has 41 heavy (non-hydrogen) atoms. The number of ether oxygens (including phenoxy) is 4. The first-order valence-corrected chi connectivity index (χ1v) is 13.8. The van der Waals surface area contributed by atoms with Crippen LogP contribution in [0.4, 0.5) is 0 Å². The van der Waals surface area contributed by atoms with E-state index in [0.29, 0.717) is 42.4 Å². The van der Waals surface area contributed by atoms with Gasteiger partial charge in [0.15, 0.2) is 0 Å². The number of aromatic nitrogens is 3. The summed E-state index contributed by atoms with van der Waals surface area (Å²) in [5.41, 5.74) is 4.43. The average Bonchev–Trinajstić information content (AvgIpc) is 3.49. The largest absolute Gasteiger partial charge is 0.489 e. The molecular formula is C32H35N3O6. The lowest BCUT2D eigenvalue weighted by Crippen LogP contribution is -2.14. The summed E-state index contributed by atoms with van der Waals surface area (Å²) in [7, 11) is 0. The zero-order chi connectivity index (χ0) is 29.0. The van der Waals surface area contributed by atoms with Gasteiger partial charge in [-0.25, -0.2) is 4.79 Å². The molecule has 1 unspecified atom stereocenters. The number of nitrogens with zero attached hydrogens (tertiary/aromatic N) is 2. The summed E-state index contributed by atoms with van der Waals surface area (Å²) in [5, 5.41) is 7.11. The Labute approximate surface area is 239 Å². The van der Waals surface area contributed by atoms with Crippen molar-refractivity contribution in [2.24, 2.45) is 0 Å². The highest BCUT2D eigenvalue weighted by Crippen LogP contribution is 2.38. The van der Waals surface area contributed by atoms with Crippen LogP contribution in [0.3, 0.4) is 0 Å². The smallest absolute Gasteiger partial charge is 0.356 e. The first kappa shape index (κ1) is 29.3. The molecule has 0 aliphatic heterocycles. The van der Waals surface area contributed by atoms with Gasteiger partial charge in [0.05, 0.1) is 18.9 Å². The Morgan fingerprint density at radius 3 is 2.54 bits per heavy atom. The SMILES string of the molecule is CCOC(=O)CCC(Oc1cc(OCc2cccnc2)ccc1-c1cc(C(=O)OCC)[nH]n1)c1ccccc1CC. The molecule has 0 fully saturated rings. The van der Waals surface area contributed by atoms with Crippen molar-refractivity contribution in [2.75, 3.05) is 13.2 Å². The van der Waals surface area contributed by atoms with Gasteiger partial charge in [0.2, 0.25) is 0 Å². The van der Waals surface area contributed by atoms with Crippen LogP contribution < -0.4 is 9.47 Å². The van der Waals surface area contributed by atoms with Gasteiger partial charge in [-0.2, -0.15) is 5.10 Å². The zero-order valence-corrected chi connectivity index (χ0v) is 23.6. The van der Waals surface area contributed by atoms with E-state index >= 15 is 0 Å². The second-order valence-electron chi connectivity index (χ2n) is 9.20. The quantitative estimate of drug-likeness (QED) is 0.181. The highest BCUT2D eigenvalue weighted by molar-refractivity contribution is 5.89. The Balaban J connectivity index is 1.70. The van der Waals surface area contributed by atoms with Gasteiger partial charge in [0, 0.05) is 36.0 Å². The third kappa shape index (κ3) is 7.94. The van der Waals surface area contributed by atoms with Crippen LogP contribution in [0.2, 0.25) is 0 Å². The van der Waals surface area contributed by atoms with E-state index in [0.717, 1.165) is 23.1 Å².